The first kappa shape index (κ1) is 20.8. The van der Waals surface area contributed by atoms with Crippen molar-refractivity contribution in [3.05, 3.63) is 0 Å². The zero-order chi connectivity index (χ0) is 19.6. The van der Waals surface area contributed by atoms with E-state index in [1.54, 1.807) is 11.4 Å². The van der Waals surface area contributed by atoms with Gasteiger partial charge >= 0.3 is 0 Å². The molecular weight excluding hydrogens is 394 g/mol. The van der Waals surface area contributed by atoms with E-state index in [1.807, 2.05) is 11.8 Å². The van der Waals surface area contributed by atoms with Crippen LogP contribution in [0.2, 0.25) is 0 Å². The van der Waals surface area contributed by atoms with E-state index < -0.39 is 10.0 Å². The van der Waals surface area contributed by atoms with Crippen molar-refractivity contribution < 1.29 is 8.42 Å². The van der Waals surface area contributed by atoms with Gasteiger partial charge < -0.3 is 10.2 Å². The highest BCUT2D eigenvalue weighted by Crippen LogP contribution is 2.46. The second-order valence-electron chi connectivity index (χ2n) is 8.57. The molecule has 160 valence electrons. The zero-order valence-electron chi connectivity index (χ0n) is 17.1. The highest BCUT2D eigenvalue weighted by molar-refractivity contribution is 7.99. The van der Waals surface area contributed by atoms with Gasteiger partial charge in [0.25, 0.3) is 0 Å². The molecule has 2 aliphatic carbocycles. The van der Waals surface area contributed by atoms with Crippen LogP contribution in [-0.4, -0.2) is 105 Å². The number of hydrogen-bond donors (Lipinski definition) is 1. The Morgan fingerprint density at radius 1 is 1.07 bits per heavy atom. The van der Waals surface area contributed by atoms with E-state index >= 15 is 0 Å². The quantitative estimate of drug-likeness (QED) is 0.514. The lowest BCUT2D eigenvalue weighted by atomic mass is 9.93. The average Bonchev–Trinajstić information content (AvgIpc) is 3.36. The summed E-state index contributed by atoms with van der Waals surface area (Å²) >= 11 is 1.83. The molecule has 28 heavy (non-hydrogen) atoms. The van der Waals surface area contributed by atoms with Gasteiger partial charge in [0.15, 0.2) is 5.96 Å². The van der Waals surface area contributed by atoms with Crippen molar-refractivity contribution in [2.75, 3.05) is 70.1 Å². The molecule has 0 spiro atoms. The van der Waals surface area contributed by atoms with Crippen molar-refractivity contribution in [3.8, 4) is 0 Å². The third-order valence-electron chi connectivity index (χ3n) is 7.00. The van der Waals surface area contributed by atoms with E-state index in [2.05, 4.69) is 20.1 Å². The standard InChI is InChI=1S/C19H35N5O2S2/c1-20-19(21-4-13-28(25,26)24-9-11-27-12-10-24)23-7-5-22(6-8-23)18-15-16-2-3-17(18)14-16/h16-18H,2-15H2,1H3,(H,20,21). The number of thioether (sulfide) groups is 1. The maximum atomic E-state index is 12.5. The molecule has 3 unspecified atom stereocenters. The molecule has 4 rings (SSSR count). The third kappa shape index (κ3) is 4.63. The molecule has 9 heteroatoms. The molecule has 2 bridgehead atoms. The van der Waals surface area contributed by atoms with Crippen molar-refractivity contribution in [1.29, 1.82) is 0 Å². The Morgan fingerprint density at radius 3 is 2.43 bits per heavy atom. The molecule has 2 aliphatic heterocycles. The molecule has 4 fully saturated rings. The first-order chi connectivity index (χ1) is 13.6. The molecule has 0 aromatic heterocycles. The lowest BCUT2D eigenvalue weighted by Gasteiger charge is -2.42. The van der Waals surface area contributed by atoms with E-state index in [0.29, 0.717) is 19.6 Å². The first-order valence-corrected chi connectivity index (χ1v) is 13.6. The second kappa shape index (κ2) is 9.10. The Morgan fingerprint density at radius 2 is 1.82 bits per heavy atom. The molecule has 0 aromatic carbocycles. The summed E-state index contributed by atoms with van der Waals surface area (Å²) in [5.41, 5.74) is 0. The number of hydrogen-bond acceptors (Lipinski definition) is 5. The smallest absolute Gasteiger partial charge is 0.215 e. The van der Waals surface area contributed by atoms with Crippen LogP contribution in [0, 0.1) is 11.8 Å². The minimum absolute atomic E-state index is 0.141. The first-order valence-electron chi connectivity index (χ1n) is 10.8. The maximum Gasteiger partial charge on any atom is 0.215 e. The normalized spacial score (nSPS) is 32.8. The topological polar surface area (TPSA) is 68.2 Å². The Kier molecular flexibility index (Phi) is 6.74. The number of fused-ring (bicyclic) bond motifs is 2. The number of aliphatic imine (C=N–C) groups is 1. The maximum absolute atomic E-state index is 12.5. The summed E-state index contributed by atoms with van der Waals surface area (Å²) in [4.78, 5) is 9.39. The SMILES string of the molecule is CN=C(NCCS(=O)(=O)N1CCSCC1)N1CCN(C2CC3CCC2C3)CC1. The number of nitrogens with one attached hydrogen (secondary N) is 1. The van der Waals surface area contributed by atoms with Gasteiger partial charge in [0.2, 0.25) is 10.0 Å². The van der Waals surface area contributed by atoms with Gasteiger partial charge in [-0.2, -0.15) is 11.8 Å². The molecule has 0 amide bonds. The lowest BCUT2D eigenvalue weighted by molar-refractivity contribution is 0.0959. The summed E-state index contributed by atoms with van der Waals surface area (Å²) in [5, 5.41) is 3.29. The summed E-state index contributed by atoms with van der Waals surface area (Å²) in [5.74, 6) is 4.72. The van der Waals surface area contributed by atoms with Gasteiger partial charge in [0.05, 0.1) is 5.75 Å². The molecule has 7 nitrogen and oxygen atoms in total. The van der Waals surface area contributed by atoms with Crippen molar-refractivity contribution in [1.82, 2.24) is 19.4 Å². The number of sulfonamides is 1. The zero-order valence-corrected chi connectivity index (χ0v) is 18.7. The summed E-state index contributed by atoms with van der Waals surface area (Å²) in [6.07, 6.45) is 5.75. The largest absolute Gasteiger partial charge is 0.355 e. The third-order valence-corrected chi connectivity index (χ3v) is 9.82. The fourth-order valence-electron chi connectivity index (χ4n) is 5.50. The minimum atomic E-state index is -3.17. The van der Waals surface area contributed by atoms with Gasteiger partial charge in [-0.15, -0.1) is 0 Å². The fourth-order valence-corrected chi connectivity index (χ4v) is 7.99. The summed E-state index contributed by atoms with van der Waals surface area (Å²) < 4.78 is 26.6. The predicted molar refractivity (Wildman–Crippen MR) is 116 cm³/mol. The van der Waals surface area contributed by atoms with E-state index in [0.717, 1.165) is 61.5 Å². The number of piperazine rings is 1. The highest BCUT2D eigenvalue weighted by Gasteiger charge is 2.42. The number of nitrogens with zero attached hydrogens (tertiary/aromatic N) is 4. The average molecular weight is 430 g/mol. The fraction of sp³-hybridized carbons (Fsp3) is 0.947. The van der Waals surface area contributed by atoms with Crippen LogP contribution in [0.3, 0.4) is 0 Å². The van der Waals surface area contributed by atoms with E-state index in [1.165, 1.54) is 25.7 Å². The van der Waals surface area contributed by atoms with Crippen LogP contribution in [0.1, 0.15) is 25.7 Å². The van der Waals surface area contributed by atoms with Crippen LogP contribution in [0.4, 0.5) is 0 Å². The molecule has 2 saturated heterocycles. The van der Waals surface area contributed by atoms with Crippen LogP contribution in [0.5, 0.6) is 0 Å². The van der Waals surface area contributed by atoms with E-state index in [4.69, 9.17) is 0 Å². The van der Waals surface area contributed by atoms with Gasteiger partial charge in [-0.25, -0.2) is 12.7 Å². The van der Waals surface area contributed by atoms with Gasteiger partial charge in [0.1, 0.15) is 0 Å². The van der Waals surface area contributed by atoms with Crippen LogP contribution in [0.15, 0.2) is 4.99 Å². The lowest BCUT2D eigenvalue weighted by Crippen LogP contribution is -2.56. The van der Waals surface area contributed by atoms with Crippen LogP contribution in [-0.2, 0) is 10.0 Å². The number of rotatable bonds is 5. The summed E-state index contributed by atoms with van der Waals surface area (Å²) in [7, 11) is -1.37. The minimum Gasteiger partial charge on any atom is -0.355 e. The predicted octanol–water partition coefficient (Wildman–Crippen LogP) is 0.747. The van der Waals surface area contributed by atoms with Gasteiger partial charge in [0, 0.05) is 70.4 Å². The van der Waals surface area contributed by atoms with Crippen LogP contribution < -0.4 is 5.32 Å². The van der Waals surface area contributed by atoms with Crippen molar-refractivity contribution in [2.24, 2.45) is 16.8 Å². The highest BCUT2D eigenvalue weighted by atomic mass is 32.2. The van der Waals surface area contributed by atoms with Crippen molar-refractivity contribution >= 4 is 27.7 Å². The number of guanidine groups is 1. The van der Waals surface area contributed by atoms with Crippen molar-refractivity contribution in [3.63, 3.8) is 0 Å². The second-order valence-corrected chi connectivity index (χ2v) is 11.9. The van der Waals surface area contributed by atoms with Gasteiger partial charge in [-0.3, -0.25) is 9.89 Å². The summed E-state index contributed by atoms with van der Waals surface area (Å²) in [6, 6.07) is 0.809. The summed E-state index contributed by atoms with van der Waals surface area (Å²) in [6.45, 7) is 5.86. The van der Waals surface area contributed by atoms with Crippen LogP contribution >= 0.6 is 11.8 Å². The monoisotopic (exact) mass is 429 g/mol. The van der Waals surface area contributed by atoms with Gasteiger partial charge in [-0.05, 0) is 31.1 Å². The van der Waals surface area contributed by atoms with E-state index in [9.17, 15) is 8.42 Å². The molecule has 2 saturated carbocycles. The molecule has 2 heterocycles. The van der Waals surface area contributed by atoms with Gasteiger partial charge in [-0.1, -0.05) is 6.42 Å². The Hall–Kier alpha value is -0.510. The molecule has 0 aromatic rings. The Balaban J connectivity index is 1.22. The van der Waals surface area contributed by atoms with E-state index in [-0.39, 0.29) is 5.75 Å². The molecular formula is C19H35N5O2S2. The molecule has 3 atom stereocenters. The molecule has 0 radical (unpaired) electrons. The Bertz CT molecular complexity index is 657. The van der Waals surface area contributed by atoms with Crippen molar-refractivity contribution in [2.45, 2.75) is 31.7 Å². The Labute approximate surface area is 174 Å². The molecule has 4 aliphatic rings. The van der Waals surface area contributed by atoms with Crippen LogP contribution in [0.25, 0.3) is 0 Å². The molecule has 1 N–H and O–H groups in total.